The number of aryl methyl sites for hydroxylation is 1. The van der Waals surface area contributed by atoms with Gasteiger partial charge in [0.2, 0.25) is 16.6 Å². The van der Waals surface area contributed by atoms with Crippen LogP contribution in [0.2, 0.25) is 0 Å². The minimum Gasteiger partial charge on any atom is -0.365 e. The fourth-order valence-electron chi connectivity index (χ4n) is 8.48. The third-order valence-electron chi connectivity index (χ3n) is 11.3. The van der Waals surface area contributed by atoms with E-state index in [4.69, 9.17) is 9.97 Å². The molecular formula is C51H38IN10Ru+4. The zero-order valence-electron chi connectivity index (χ0n) is 33.9. The van der Waals surface area contributed by atoms with Crippen LogP contribution < -0.4 is 43.6 Å². The Balaban J connectivity index is 0.000000116. The molecule has 0 aliphatic carbocycles. The van der Waals surface area contributed by atoms with E-state index in [-0.39, 0.29) is 19.5 Å². The van der Waals surface area contributed by atoms with Gasteiger partial charge in [-0.15, -0.1) is 0 Å². The third kappa shape index (κ3) is 7.01. The minimum atomic E-state index is 0. The van der Waals surface area contributed by atoms with Crippen molar-refractivity contribution in [2.75, 3.05) is 0 Å². The van der Waals surface area contributed by atoms with Gasteiger partial charge >= 0.3 is 25.8 Å². The molecule has 2 N–H and O–H groups in total. The molecule has 0 fully saturated rings. The van der Waals surface area contributed by atoms with E-state index in [9.17, 15) is 0 Å². The predicted molar refractivity (Wildman–Crippen MR) is 236 cm³/mol. The second kappa shape index (κ2) is 16.6. The Morgan fingerprint density at radius 1 is 0.508 bits per heavy atom. The Morgan fingerprint density at radius 2 is 1.03 bits per heavy atom. The normalized spacial score (nSPS) is 11.3. The van der Waals surface area contributed by atoms with Crippen LogP contribution in [0.25, 0.3) is 99.8 Å². The van der Waals surface area contributed by atoms with Crippen LogP contribution in [-0.4, -0.2) is 24.9 Å². The number of rotatable bonds is 3. The maximum absolute atomic E-state index is 4.93. The molecule has 13 rings (SSSR count). The molecule has 1 radical (unpaired) electrons. The summed E-state index contributed by atoms with van der Waals surface area (Å²) in [5.41, 5.74) is 13.1. The molecule has 0 spiro atoms. The Kier molecular flexibility index (Phi) is 10.5. The molecule has 0 bridgehead atoms. The number of pyridine rings is 6. The van der Waals surface area contributed by atoms with Crippen LogP contribution in [0.1, 0.15) is 0 Å². The molecule has 0 saturated heterocycles. The molecule has 63 heavy (non-hydrogen) atoms. The van der Waals surface area contributed by atoms with Crippen LogP contribution in [0.15, 0.2) is 189 Å². The van der Waals surface area contributed by atoms with Gasteiger partial charge in [-0.3, -0.25) is 0 Å². The number of nitrogens with zero attached hydrogens (tertiary/aromatic N) is 8. The Hall–Kier alpha value is -7.15. The van der Waals surface area contributed by atoms with Crippen molar-refractivity contribution in [1.82, 2.24) is 24.9 Å². The molecule has 13 aromatic rings. The van der Waals surface area contributed by atoms with Gasteiger partial charge in [0.1, 0.15) is 48.3 Å². The van der Waals surface area contributed by atoms with Gasteiger partial charge in [-0.25, -0.2) is 23.8 Å². The average Bonchev–Trinajstić information content (AvgIpc) is 4.08. The van der Waals surface area contributed by atoms with E-state index in [1.54, 1.807) is 0 Å². The SMILES string of the molecule is C[n+]1cccc2c3nc(-c4ccccc4)[nH]c3c3cccnc3c21.[CH2-][n+]1ccccc1-c1cccc[n+]1[I-].[Ru+2].c1ccc(-c2nc3c4ccc[n+]5[cH-][n+]6cccc(c3[nH]2)c6c45)cc1. The van der Waals surface area contributed by atoms with Crippen LogP contribution >= 0.6 is 0 Å². The Bertz CT molecular complexity index is 3630. The van der Waals surface area contributed by atoms with Crippen LogP contribution in [0.5, 0.6) is 0 Å². The quantitative estimate of drug-likeness (QED) is 0.0889. The molecule has 12 heteroatoms. The number of fused-ring (bicyclic) bond motifs is 9. The molecular weight excluding hydrogens is 981 g/mol. The van der Waals surface area contributed by atoms with Gasteiger partial charge in [0, 0.05) is 52.7 Å². The number of imidazole rings is 3. The van der Waals surface area contributed by atoms with E-state index >= 15 is 0 Å². The van der Waals surface area contributed by atoms with Gasteiger partial charge in [-0.05, 0) is 42.5 Å². The molecule has 0 amide bonds. The number of H-pyrrole nitrogens is 2. The molecule has 0 aliphatic heterocycles. The smallest absolute Gasteiger partial charge is 0.365 e. The van der Waals surface area contributed by atoms with E-state index in [1.165, 1.54) is 21.8 Å². The fourth-order valence-corrected chi connectivity index (χ4v) is 9.07. The summed E-state index contributed by atoms with van der Waals surface area (Å²) in [5, 5.41) is 4.58. The summed E-state index contributed by atoms with van der Waals surface area (Å²) < 4.78 is 10.4. The van der Waals surface area contributed by atoms with Gasteiger partial charge in [0.05, 0.1) is 28.1 Å². The predicted octanol–water partition coefficient (Wildman–Crippen LogP) is 4.66. The maximum atomic E-state index is 4.93. The molecule has 303 valence electrons. The van der Waals surface area contributed by atoms with E-state index in [2.05, 4.69) is 153 Å². The van der Waals surface area contributed by atoms with Crippen molar-refractivity contribution < 1.29 is 63.1 Å². The second-order valence-corrected chi connectivity index (χ2v) is 16.1. The first-order valence-electron chi connectivity index (χ1n) is 20.2. The molecule has 0 saturated carbocycles. The first-order chi connectivity index (χ1) is 30.5. The van der Waals surface area contributed by atoms with Crippen LogP contribution in [0.3, 0.4) is 0 Å². The number of hydrogen-bond acceptors (Lipinski definition) is 3. The van der Waals surface area contributed by atoms with Crippen LogP contribution in [0.4, 0.5) is 0 Å². The molecule has 9 aromatic heterocycles. The number of aromatic amines is 2. The number of benzene rings is 4. The number of nitrogens with one attached hydrogen (secondary N) is 2. The molecule has 0 aliphatic rings. The van der Waals surface area contributed by atoms with Crippen molar-refractivity contribution in [2.45, 2.75) is 0 Å². The van der Waals surface area contributed by atoms with Gasteiger partial charge in [0.15, 0.2) is 17.6 Å². The van der Waals surface area contributed by atoms with Crippen molar-refractivity contribution in [2.24, 2.45) is 7.05 Å². The summed E-state index contributed by atoms with van der Waals surface area (Å²) >= 11 is 2.26. The first kappa shape index (κ1) is 40.0. The number of hydrogen-bond donors (Lipinski definition) is 2. The molecule has 9 heterocycles. The van der Waals surface area contributed by atoms with Crippen molar-refractivity contribution in [3.05, 3.63) is 196 Å². The molecule has 0 unspecified atom stereocenters. The monoisotopic (exact) mass is 1020 g/mol. The number of aromatic nitrogens is 10. The summed E-state index contributed by atoms with van der Waals surface area (Å²) in [6.07, 6.45) is 14.1. The average molecular weight is 1020 g/mol. The van der Waals surface area contributed by atoms with E-state index in [0.717, 1.165) is 78.0 Å². The first-order valence-corrected chi connectivity index (χ1v) is 21.2. The summed E-state index contributed by atoms with van der Waals surface area (Å²) in [6.45, 7) is 0. The van der Waals surface area contributed by atoms with Gasteiger partial charge in [0.25, 0.3) is 0 Å². The van der Waals surface area contributed by atoms with Crippen LogP contribution in [-0.2, 0) is 26.5 Å². The van der Waals surface area contributed by atoms with E-state index < -0.39 is 0 Å². The fraction of sp³-hybridized carbons (Fsp3) is 0.0196. The Morgan fingerprint density at radius 3 is 1.67 bits per heavy atom. The summed E-state index contributed by atoms with van der Waals surface area (Å²) in [7, 11) is 5.99. The van der Waals surface area contributed by atoms with Crippen molar-refractivity contribution in [1.29, 1.82) is 0 Å². The minimum absolute atomic E-state index is 0. The van der Waals surface area contributed by atoms with E-state index in [1.807, 2.05) is 109 Å². The van der Waals surface area contributed by atoms with Crippen molar-refractivity contribution >= 4 is 65.7 Å². The second-order valence-electron chi connectivity index (χ2n) is 15.1. The standard InChI is InChI=1S/C20H13N4.C20H14N4.C11H10IN2.Ru/c1-2-6-13(7-3-1)20-21-16-14-8-4-10-23-12-24-11-5-9-15(17(16)22-20)19(24)18(14)23;1-24-12-6-10-15-17-16(14-9-5-11-21-18(14)19(15)24)22-20(23-17)13-7-3-2-4-8-13;1-13-8-4-2-6-10(13)11-7-3-5-9-14(11)12;/h1-12H,(H,21,22);2-12H,1H3;2-9H,1H2;/q+1;;;+2/p+1. The molecule has 10 nitrogen and oxygen atoms in total. The van der Waals surface area contributed by atoms with E-state index in [0.29, 0.717) is 0 Å². The Labute approximate surface area is 388 Å². The number of halogens is 1. The van der Waals surface area contributed by atoms with Crippen molar-refractivity contribution in [3.8, 4) is 34.2 Å². The summed E-state index contributed by atoms with van der Waals surface area (Å²) in [4.78, 5) is 21.5. The zero-order valence-corrected chi connectivity index (χ0v) is 37.8. The van der Waals surface area contributed by atoms with Gasteiger partial charge in [-0.1, -0.05) is 91.0 Å². The third-order valence-corrected chi connectivity index (χ3v) is 12.1. The summed E-state index contributed by atoms with van der Waals surface area (Å²) in [5.74, 6) is 1.80. The molecule has 4 aromatic carbocycles. The van der Waals surface area contributed by atoms with Crippen LogP contribution in [0, 0.1) is 7.05 Å². The van der Waals surface area contributed by atoms with Crippen molar-refractivity contribution in [3.63, 3.8) is 0 Å². The summed E-state index contributed by atoms with van der Waals surface area (Å²) in [6, 6.07) is 49.3. The maximum Gasteiger partial charge on any atom is 2.00 e. The largest absolute Gasteiger partial charge is 2.00 e. The molecule has 0 atom stereocenters. The van der Waals surface area contributed by atoms with Gasteiger partial charge in [-0.2, -0.15) is 4.57 Å². The zero-order chi connectivity index (χ0) is 41.7. The van der Waals surface area contributed by atoms with Gasteiger partial charge < -0.3 is 40.2 Å². The topological polar surface area (TPSA) is 90.1 Å².